The number of fused-ring (bicyclic) bond motifs is 3. The average Bonchev–Trinajstić information content (AvgIpc) is 2.38. The minimum absolute atomic E-state index is 0.0350. The maximum Gasteiger partial charge on any atom is 0.160 e. The van der Waals surface area contributed by atoms with Gasteiger partial charge in [-0.05, 0) is 35.2 Å². The molecule has 3 aromatic carbocycles. The van der Waals surface area contributed by atoms with E-state index in [1.165, 1.54) is 6.92 Å². The van der Waals surface area contributed by atoms with Gasteiger partial charge in [0.1, 0.15) is 5.75 Å². The van der Waals surface area contributed by atoms with Gasteiger partial charge in [-0.15, -0.1) is 0 Å². The molecule has 3 rings (SSSR count). The predicted molar refractivity (Wildman–Crippen MR) is 73.1 cm³/mol. The van der Waals surface area contributed by atoms with Crippen LogP contribution < -0.4 is 0 Å². The Kier molecular flexibility index (Phi) is 2.30. The lowest BCUT2D eigenvalue weighted by Crippen LogP contribution is -1.94. The van der Waals surface area contributed by atoms with Crippen LogP contribution in [-0.4, -0.2) is 10.9 Å². The lowest BCUT2D eigenvalue weighted by Gasteiger charge is -2.09. The summed E-state index contributed by atoms with van der Waals surface area (Å²) in [5, 5.41) is 13.6. The van der Waals surface area contributed by atoms with E-state index in [4.69, 9.17) is 0 Å². The van der Waals surface area contributed by atoms with Gasteiger partial charge in [0.05, 0.1) is 0 Å². The molecule has 0 aromatic heterocycles. The first-order valence-electron chi connectivity index (χ1n) is 5.83. The largest absolute Gasteiger partial charge is 0.507 e. The SMILES string of the molecule is CC(=O)c1cc2ccccc2c2cccc(O)c12. The zero-order valence-corrected chi connectivity index (χ0v) is 9.97. The topological polar surface area (TPSA) is 37.3 Å². The molecule has 0 unspecified atom stereocenters. The molecule has 0 fully saturated rings. The molecule has 0 bridgehead atoms. The third-order valence-electron chi connectivity index (χ3n) is 3.24. The summed E-state index contributed by atoms with van der Waals surface area (Å²) in [5.74, 6) is 0.121. The van der Waals surface area contributed by atoms with Crippen molar-refractivity contribution in [2.45, 2.75) is 6.92 Å². The summed E-state index contributed by atoms with van der Waals surface area (Å²) in [4.78, 5) is 11.7. The number of aromatic hydroxyl groups is 1. The van der Waals surface area contributed by atoms with Gasteiger partial charge in [0, 0.05) is 10.9 Å². The molecule has 2 nitrogen and oxygen atoms in total. The lowest BCUT2D eigenvalue weighted by molar-refractivity contribution is 0.101. The first kappa shape index (κ1) is 10.8. The van der Waals surface area contributed by atoms with Crippen LogP contribution in [0.15, 0.2) is 48.5 Å². The van der Waals surface area contributed by atoms with E-state index >= 15 is 0 Å². The van der Waals surface area contributed by atoms with E-state index in [2.05, 4.69) is 0 Å². The minimum Gasteiger partial charge on any atom is -0.507 e. The molecule has 0 heterocycles. The van der Waals surface area contributed by atoms with Crippen LogP contribution in [0.25, 0.3) is 21.5 Å². The van der Waals surface area contributed by atoms with E-state index in [9.17, 15) is 9.90 Å². The van der Waals surface area contributed by atoms with E-state index in [0.29, 0.717) is 10.9 Å². The molecule has 0 amide bonds. The molecule has 0 atom stereocenters. The molecular formula is C16H12O2. The van der Waals surface area contributed by atoms with Gasteiger partial charge in [0.25, 0.3) is 0 Å². The number of carbonyl (C=O) groups excluding carboxylic acids is 1. The van der Waals surface area contributed by atoms with Crippen LogP contribution >= 0.6 is 0 Å². The van der Waals surface area contributed by atoms with Crippen molar-refractivity contribution in [3.05, 3.63) is 54.1 Å². The molecule has 18 heavy (non-hydrogen) atoms. The number of phenols is 1. The van der Waals surface area contributed by atoms with Crippen LogP contribution in [0.3, 0.4) is 0 Å². The van der Waals surface area contributed by atoms with Crippen LogP contribution in [0, 0.1) is 0 Å². The highest BCUT2D eigenvalue weighted by molar-refractivity contribution is 6.18. The van der Waals surface area contributed by atoms with E-state index in [1.807, 2.05) is 36.4 Å². The quantitative estimate of drug-likeness (QED) is 0.514. The zero-order valence-electron chi connectivity index (χ0n) is 9.97. The smallest absolute Gasteiger partial charge is 0.160 e. The third kappa shape index (κ3) is 1.46. The normalized spacial score (nSPS) is 10.9. The van der Waals surface area contributed by atoms with Gasteiger partial charge < -0.3 is 5.11 Å². The number of carbonyl (C=O) groups is 1. The van der Waals surface area contributed by atoms with Gasteiger partial charge in [0.2, 0.25) is 0 Å². The van der Waals surface area contributed by atoms with Crippen molar-refractivity contribution in [1.82, 2.24) is 0 Å². The zero-order chi connectivity index (χ0) is 12.7. The van der Waals surface area contributed by atoms with E-state index in [1.54, 1.807) is 12.1 Å². The van der Waals surface area contributed by atoms with Crippen molar-refractivity contribution in [3.8, 4) is 5.75 Å². The Bertz CT molecular complexity index is 772. The highest BCUT2D eigenvalue weighted by Gasteiger charge is 2.12. The van der Waals surface area contributed by atoms with Gasteiger partial charge in [-0.3, -0.25) is 4.79 Å². The summed E-state index contributed by atoms with van der Waals surface area (Å²) in [6, 6.07) is 15.1. The third-order valence-corrected chi connectivity index (χ3v) is 3.24. The van der Waals surface area contributed by atoms with Crippen LogP contribution in [0.2, 0.25) is 0 Å². The van der Waals surface area contributed by atoms with Crippen LogP contribution in [-0.2, 0) is 0 Å². The molecular weight excluding hydrogens is 224 g/mol. The van der Waals surface area contributed by atoms with Crippen molar-refractivity contribution in [2.24, 2.45) is 0 Å². The van der Waals surface area contributed by atoms with Crippen molar-refractivity contribution in [3.63, 3.8) is 0 Å². The predicted octanol–water partition coefficient (Wildman–Crippen LogP) is 3.90. The average molecular weight is 236 g/mol. The minimum atomic E-state index is -0.0350. The van der Waals surface area contributed by atoms with Gasteiger partial charge >= 0.3 is 0 Å². The van der Waals surface area contributed by atoms with Gasteiger partial charge in [-0.25, -0.2) is 0 Å². The molecule has 0 saturated heterocycles. The van der Waals surface area contributed by atoms with E-state index < -0.39 is 0 Å². The summed E-state index contributed by atoms with van der Waals surface area (Å²) in [5.41, 5.74) is 0.571. The second kappa shape index (κ2) is 3.84. The fraction of sp³-hybridized carbons (Fsp3) is 0.0625. The molecule has 88 valence electrons. The van der Waals surface area contributed by atoms with Gasteiger partial charge in [0.15, 0.2) is 5.78 Å². The molecule has 0 aliphatic rings. The number of ketones is 1. The Labute approximate surface area is 104 Å². The molecule has 2 heteroatoms. The van der Waals surface area contributed by atoms with Crippen LogP contribution in [0.1, 0.15) is 17.3 Å². The number of rotatable bonds is 1. The van der Waals surface area contributed by atoms with Crippen LogP contribution in [0.5, 0.6) is 5.75 Å². The standard InChI is InChI=1S/C16H12O2/c1-10(17)14-9-11-5-2-3-6-12(11)13-7-4-8-15(18)16(13)14/h2-9,18H,1H3. The fourth-order valence-electron chi connectivity index (χ4n) is 2.42. The number of Topliss-reactive ketones (excluding diaryl/α,β-unsaturated/α-hetero) is 1. The number of phenolic OH excluding ortho intramolecular Hbond substituents is 1. The van der Waals surface area contributed by atoms with Crippen molar-refractivity contribution in [1.29, 1.82) is 0 Å². The number of hydrogen-bond donors (Lipinski definition) is 1. The maximum absolute atomic E-state index is 11.7. The summed E-state index contributed by atoms with van der Waals surface area (Å²) < 4.78 is 0. The van der Waals surface area contributed by atoms with Crippen molar-refractivity contribution >= 4 is 27.3 Å². The molecule has 0 spiro atoms. The van der Waals surface area contributed by atoms with Crippen molar-refractivity contribution < 1.29 is 9.90 Å². The summed E-state index contributed by atoms with van der Waals surface area (Å²) >= 11 is 0. The summed E-state index contributed by atoms with van der Waals surface area (Å²) in [7, 11) is 0. The van der Waals surface area contributed by atoms with Crippen molar-refractivity contribution in [2.75, 3.05) is 0 Å². The Morgan fingerprint density at radius 3 is 2.50 bits per heavy atom. The Balaban J connectivity index is 2.63. The van der Waals surface area contributed by atoms with E-state index in [0.717, 1.165) is 16.2 Å². The molecule has 0 saturated carbocycles. The van der Waals surface area contributed by atoms with Gasteiger partial charge in [-0.1, -0.05) is 36.4 Å². The first-order chi connectivity index (χ1) is 8.68. The Hall–Kier alpha value is -2.35. The maximum atomic E-state index is 11.7. The second-order valence-electron chi connectivity index (χ2n) is 4.40. The lowest BCUT2D eigenvalue weighted by atomic mass is 9.95. The molecule has 1 N–H and O–H groups in total. The molecule has 0 aliphatic heterocycles. The van der Waals surface area contributed by atoms with E-state index in [-0.39, 0.29) is 11.5 Å². The highest BCUT2D eigenvalue weighted by Crippen LogP contribution is 2.34. The number of hydrogen-bond acceptors (Lipinski definition) is 2. The fourth-order valence-corrected chi connectivity index (χ4v) is 2.42. The van der Waals surface area contributed by atoms with Crippen LogP contribution in [0.4, 0.5) is 0 Å². The molecule has 0 radical (unpaired) electrons. The summed E-state index contributed by atoms with van der Waals surface area (Å²) in [6.07, 6.45) is 0. The Morgan fingerprint density at radius 1 is 1.00 bits per heavy atom. The highest BCUT2D eigenvalue weighted by atomic mass is 16.3. The summed E-state index contributed by atoms with van der Waals surface area (Å²) in [6.45, 7) is 1.52. The van der Waals surface area contributed by atoms with Gasteiger partial charge in [-0.2, -0.15) is 0 Å². The first-order valence-corrected chi connectivity index (χ1v) is 5.83. The molecule has 0 aliphatic carbocycles. The molecule has 3 aromatic rings. The number of benzene rings is 3. The second-order valence-corrected chi connectivity index (χ2v) is 4.40. The Morgan fingerprint density at radius 2 is 1.72 bits per heavy atom. The monoisotopic (exact) mass is 236 g/mol.